The van der Waals surface area contributed by atoms with E-state index in [0.29, 0.717) is 19.1 Å². The Morgan fingerprint density at radius 1 is 1.52 bits per heavy atom. The molecular formula is C16H25ClN6O2. The first-order chi connectivity index (χ1) is 11.7. The Balaban J connectivity index is 0.00000225. The average molecular weight is 369 g/mol. The number of methoxy groups -OCH3 is 1. The first-order valence-electron chi connectivity index (χ1n) is 8.27. The van der Waals surface area contributed by atoms with Crippen molar-refractivity contribution in [1.29, 1.82) is 0 Å². The van der Waals surface area contributed by atoms with Crippen LogP contribution in [0, 0.1) is 0 Å². The van der Waals surface area contributed by atoms with Crippen LogP contribution in [0.15, 0.2) is 18.3 Å². The van der Waals surface area contributed by atoms with Crippen LogP contribution in [0.2, 0.25) is 0 Å². The lowest BCUT2D eigenvalue weighted by Crippen LogP contribution is -2.29. The summed E-state index contributed by atoms with van der Waals surface area (Å²) in [6.45, 7) is 3.14. The van der Waals surface area contributed by atoms with Crippen LogP contribution in [0.5, 0.6) is 0 Å². The van der Waals surface area contributed by atoms with E-state index < -0.39 is 0 Å². The minimum absolute atomic E-state index is 0. The Morgan fingerprint density at radius 2 is 2.40 bits per heavy atom. The number of aromatic amines is 1. The Bertz CT molecular complexity index is 665. The second kappa shape index (κ2) is 9.55. The predicted octanol–water partition coefficient (Wildman–Crippen LogP) is 0.958. The van der Waals surface area contributed by atoms with E-state index in [4.69, 9.17) is 4.74 Å². The third-order valence-electron chi connectivity index (χ3n) is 4.13. The standard InChI is InChI=1S/C16H24N6O2.ClH/c1-24-11-14-7-13(19-20-14)9-18-16(23)10-22-6-4-15(21-22)12-3-2-5-17-8-12;/h4,6-7,12,17H,2-3,5,8-11H2,1H3,(H,18,23)(H,19,20);1H. The third-order valence-corrected chi connectivity index (χ3v) is 4.13. The van der Waals surface area contributed by atoms with Crippen molar-refractivity contribution in [3.63, 3.8) is 0 Å². The molecule has 0 spiro atoms. The van der Waals surface area contributed by atoms with Gasteiger partial charge in [-0.2, -0.15) is 10.2 Å². The zero-order valence-electron chi connectivity index (χ0n) is 14.3. The average Bonchev–Trinajstić information content (AvgIpc) is 3.24. The number of H-pyrrole nitrogens is 1. The van der Waals surface area contributed by atoms with Crippen LogP contribution in [0.25, 0.3) is 0 Å². The maximum absolute atomic E-state index is 12.1. The van der Waals surface area contributed by atoms with Gasteiger partial charge in [-0.1, -0.05) is 0 Å². The van der Waals surface area contributed by atoms with E-state index in [-0.39, 0.29) is 24.9 Å². The molecule has 2 aromatic heterocycles. The Kier molecular flexibility index (Phi) is 7.42. The van der Waals surface area contributed by atoms with E-state index in [2.05, 4.69) is 25.9 Å². The number of ether oxygens (including phenoxy) is 1. The maximum Gasteiger partial charge on any atom is 0.242 e. The molecule has 1 amide bonds. The normalized spacial score (nSPS) is 17.1. The van der Waals surface area contributed by atoms with Gasteiger partial charge in [0.05, 0.1) is 30.2 Å². The number of aromatic nitrogens is 4. The lowest BCUT2D eigenvalue weighted by Gasteiger charge is -2.20. The topological polar surface area (TPSA) is 96.9 Å². The fourth-order valence-electron chi connectivity index (χ4n) is 2.91. The quantitative estimate of drug-likeness (QED) is 0.676. The van der Waals surface area contributed by atoms with Crippen molar-refractivity contribution in [3.05, 3.63) is 35.4 Å². The second-order valence-electron chi connectivity index (χ2n) is 6.08. The molecule has 138 valence electrons. The molecule has 3 heterocycles. The molecule has 1 aliphatic rings. The highest BCUT2D eigenvalue weighted by Crippen LogP contribution is 2.21. The van der Waals surface area contributed by atoms with Crippen molar-refractivity contribution in [1.82, 2.24) is 30.6 Å². The summed E-state index contributed by atoms with van der Waals surface area (Å²) in [5, 5.41) is 17.8. The smallest absolute Gasteiger partial charge is 0.242 e. The summed E-state index contributed by atoms with van der Waals surface area (Å²) in [6.07, 6.45) is 4.20. The molecule has 1 atom stereocenters. The van der Waals surface area contributed by atoms with Gasteiger partial charge >= 0.3 is 0 Å². The monoisotopic (exact) mass is 368 g/mol. The summed E-state index contributed by atoms with van der Waals surface area (Å²) in [5.41, 5.74) is 2.73. The van der Waals surface area contributed by atoms with Gasteiger partial charge in [0, 0.05) is 25.8 Å². The van der Waals surface area contributed by atoms with E-state index in [0.717, 1.165) is 36.6 Å². The lowest BCUT2D eigenvalue weighted by molar-refractivity contribution is -0.122. The van der Waals surface area contributed by atoms with Gasteiger partial charge < -0.3 is 15.4 Å². The molecule has 0 aliphatic carbocycles. The van der Waals surface area contributed by atoms with Gasteiger partial charge in [-0.15, -0.1) is 12.4 Å². The molecule has 9 heteroatoms. The number of carbonyl (C=O) groups excluding carboxylic acids is 1. The number of piperidine rings is 1. The van der Waals surface area contributed by atoms with Crippen LogP contribution in [-0.2, 0) is 29.2 Å². The number of amides is 1. The fourth-order valence-corrected chi connectivity index (χ4v) is 2.91. The molecule has 0 bridgehead atoms. The van der Waals surface area contributed by atoms with Crippen molar-refractivity contribution in [2.75, 3.05) is 20.2 Å². The highest BCUT2D eigenvalue weighted by Gasteiger charge is 2.17. The summed E-state index contributed by atoms with van der Waals surface area (Å²) in [5.74, 6) is 0.376. The summed E-state index contributed by atoms with van der Waals surface area (Å²) < 4.78 is 6.71. The number of hydrogen-bond donors (Lipinski definition) is 3. The number of nitrogens with zero attached hydrogens (tertiary/aromatic N) is 3. The highest BCUT2D eigenvalue weighted by molar-refractivity contribution is 5.85. The molecule has 1 unspecified atom stereocenters. The predicted molar refractivity (Wildman–Crippen MR) is 95.5 cm³/mol. The molecule has 3 rings (SSSR count). The molecule has 25 heavy (non-hydrogen) atoms. The molecule has 1 fully saturated rings. The van der Waals surface area contributed by atoms with Crippen molar-refractivity contribution in [3.8, 4) is 0 Å². The lowest BCUT2D eigenvalue weighted by atomic mass is 9.97. The van der Waals surface area contributed by atoms with Crippen LogP contribution >= 0.6 is 12.4 Å². The van der Waals surface area contributed by atoms with Gasteiger partial charge in [0.25, 0.3) is 0 Å². The number of nitrogens with one attached hydrogen (secondary N) is 3. The molecule has 8 nitrogen and oxygen atoms in total. The van der Waals surface area contributed by atoms with Crippen LogP contribution in [0.4, 0.5) is 0 Å². The van der Waals surface area contributed by atoms with E-state index in [1.165, 1.54) is 6.42 Å². The third kappa shape index (κ3) is 5.55. The Labute approximate surface area is 153 Å². The number of rotatable bonds is 7. The molecule has 0 aromatic carbocycles. The summed E-state index contributed by atoms with van der Waals surface area (Å²) in [6, 6.07) is 3.89. The first kappa shape index (κ1) is 19.4. The summed E-state index contributed by atoms with van der Waals surface area (Å²) in [4.78, 5) is 12.1. The Morgan fingerprint density at radius 3 is 3.16 bits per heavy atom. The molecule has 3 N–H and O–H groups in total. The molecule has 0 saturated carbocycles. The van der Waals surface area contributed by atoms with Crippen LogP contribution in [0.3, 0.4) is 0 Å². The van der Waals surface area contributed by atoms with Gasteiger partial charge in [0.1, 0.15) is 6.54 Å². The van der Waals surface area contributed by atoms with Gasteiger partial charge in [-0.05, 0) is 31.5 Å². The van der Waals surface area contributed by atoms with E-state index in [1.54, 1.807) is 11.8 Å². The van der Waals surface area contributed by atoms with Gasteiger partial charge in [0.15, 0.2) is 0 Å². The van der Waals surface area contributed by atoms with E-state index >= 15 is 0 Å². The first-order valence-corrected chi connectivity index (χ1v) is 8.27. The Hall–Kier alpha value is -1.90. The second-order valence-corrected chi connectivity index (χ2v) is 6.08. The molecule has 2 aromatic rings. The molecule has 1 saturated heterocycles. The van der Waals surface area contributed by atoms with E-state index in [9.17, 15) is 4.79 Å². The SMILES string of the molecule is COCc1cc(CNC(=O)Cn2ccc(C3CCCNC3)n2)[nH]n1.Cl. The number of carbonyl (C=O) groups is 1. The highest BCUT2D eigenvalue weighted by atomic mass is 35.5. The van der Waals surface area contributed by atoms with Crippen molar-refractivity contribution in [2.24, 2.45) is 0 Å². The van der Waals surface area contributed by atoms with Crippen LogP contribution < -0.4 is 10.6 Å². The molecule has 0 radical (unpaired) electrons. The van der Waals surface area contributed by atoms with Gasteiger partial charge in [-0.25, -0.2) is 0 Å². The van der Waals surface area contributed by atoms with Gasteiger partial charge in [0.2, 0.25) is 5.91 Å². The van der Waals surface area contributed by atoms with Crippen molar-refractivity contribution < 1.29 is 9.53 Å². The fraction of sp³-hybridized carbons (Fsp3) is 0.562. The van der Waals surface area contributed by atoms with Crippen LogP contribution in [-0.4, -0.2) is 46.1 Å². The zero-order chi connectivity index (χ0) is 16.8. The minimum atomic E-state index is -0.0747. The van der Waals surface area contributed by atoms with Gasteiger partial charge in [-0.3, -0.25) is 14.6 Å². The largest absolute Gasteiger partial charge is 0.378 e. The van der Waals surface area contributed by atoms with Crippen LogP contribution in [0.1, 0.15) is 35.8 Å². The summed E-state index contributed by atoms with van der Waals surface area (Å²) >= 11 is 0. The molecular weight excluding hydrogens is 344 g/mol. The number of halogens is 1. The zero-order valence-corrected chi connectivity index (χ0v) is 15.1. The van der Waals surface area contributed by atoms with E-state index in [1.807, 2.05) is 18.3 Å². The van der Waals surface area contributed by atoms with Crippen molar-refractivity contribution in [2.45, 2.75) is 38.5 Å². The maximum atomic E-state index is 12.1. The molecule has 1 aliphatic heterocycles. The minimum Gasteiger partial charge on any atom is -0.378 e. The number of hydrogen-bond acceptors (Lipinski definition) is 5. The van der Waals surface area contributed by atoms with Crippen molar-refractivity contribution >= 4 is 18.3 Å². The summed E-state index contributed by atoms with van der Waals surface area (Å²) in [7, 11) is 1.62.